The van der Waals surface area contributed by atoms with Crippen LogP contribution in [0.1, 0.15) is 43.2 Å². The van der Waals surface area contributed by atoms with Gasteiger partial charge in [0.1, 0.15) is 5.82 Å². The van der Waals surface area contributed by atoms with E-state index in [1.807, 2.05) is 19.9 Å². The third-order valence-corrected chi connectivity index (χ3v) is 8.75. The lowest BCUT2D eigenvalue weighted by Crippen LogP contribution is -2.41. The summed E-state index contributed by atoms with van der Waals surface area (Å²) < 4.78 is 41.5. The number of carbonyl (C=O) groups is 1. The fourth-order valence-corrected chi connectivity index (χ4v) is 6.19. The van der Waals surface area contributed by atoms with Gasteiger partial charge in [0.25, 0.3) is 0 Å². The third-order valence-electron chi connectivity index (χ3n) is 6.85. The zero-order valence-corrected chi connectivity index (χ0v) is 20.1. The second-order valence-corrected chi connectivity index (χ2v) is 11.1. The van der Waals surface area contributed by atoms with E-state index in [0.29, 0.717) is 23.4 Å². The summed E-state index contributed by atoms with van der Waals surface area (Å²) in [6.07, 6.45) is 4.22. The minimum atomic E-state index is -3.59. The van der Waals surface area contributed by atoms with Gasteiger partial charge in [-0.25, -0.2) is 12.8 Å². The quantitative estimate of drug-likeness (QED) is 0.696. The predicted molar refractivity (Wildman–Crippen MR) is 128 cm³/mol. The standard InChI is InChI=1S/C25H32FN3O3S/c1-18-6-8-22(16-19(18)2)33(31,32)29-14-10-20(11-15-29)25(30)27-23-17-21(26)7-9-24(23)28-12-4-3-5-13-28/h6-9,16-17,20H,3-5,10-15H2,1-2H3,(H,27,30). The molecular weight excluding hydrogens is 441 g/mol. The summed E-state index contributed by atoms with van der Waals surface area (Å²) in [7, 11) is -3.59. The molecule has 2 aromatic carbocycles. The molecule has 6 nitrogen and oxygen atoms in total. The summed E-state index contributed by atoms with van der Waals surface area (Å²) in [6.45, 7) is 6.21. The molecule has 0 spiro atoms. The van der Waals surface area contributed by atoms with Crippen LogP contribution < -0.4 is 10.2 Å². The van der Waals surface area contributed by atoms with Crippen molar-refractivity contribution < 1.29 is 17.6 Å². The normalized spacial score (nSPS) is 18.3. The molecule has 2 aromatic rings. The molecule has 178 valence electrons. The third kappa shape index (κ3) is 5.22. The highest BCUT2D eigenvalue weighted by Gasteiger charge is 2.32. The van der Waals surface area contributed by atoms with E-state index >= 15 is 0 Å². The summed E-state index contributed by atoms with van der Waals surface area (Å²) in [5.74, 6) is -0.879. The highest BCUT2D eigenvalue weighted by Crippen LogP contribution is 2.31. The summed E-state index contributed by atoms with van der Waals surface area (Å²) >= 11 is 0. The number of sulfonamides is 1. The number of anilines is 2. The Balaban J connectivity index is 1.42. The number of piperidine rings is 2. The zero-order chi connectivity index (χ0) is 23.6. The molecule has 1 amide bonds. The highest BCUT2D eigenvalue weighted by molar-refractivity contribution is 7.89. The van der Waals surface area contributed by atoms with Crippen molar-refractivity contribution in [2.75, 3.05) is 36.4 Å². The molecule has 2 heterocycles. The maximum atomic E-state index is 14.0. The molecule has 0 unspecified atom stereocenters. The average Bonchev–Trinajstić information content (AvgIpc) is 2.81. The molecule has 2 fully saturated rings. The summed E-state index contributed by atoms with van der Waals surface area (Å²) in [6, 6.07) is 9.70. The first-order chi connectivity index (χ1) is 15.8. The fourth-order valence-electron chi connectivity index (χ4n) is 4.64. The van der Waals surface area contributed by atoms with Gasteiger partial charge in [-0.05, 0) is 87.4 Å². The molecule has 0 aliphatic carbocycles. The molecule has 0 saturated carbocycles. The van der Waals surface area contributed by atoms with Gasteiger partial charge in [0.05, 0.1) is 16.3 Å². The predicted octanol–water partition coefficient (Wildman–Crippen LogP) is 4.47. The van der Waals surface area contributed by atoms with Gasteiger partial charge in [0.2, 0.25) is 15.9 Å². The highest BCUT2D eigenvalue weighted by atomic mass is 32.2. The molecule has 1 N–H and O–H groups in total. The van der Waals surface area contributed by atoms with Crippen molar-refractivity contribution in [3.63, 3.8) is 0 Å². The Labute approximate surface area is 195 Å². The lowest BCUT2D eigenvalue weighted by molar-refractivity contribution is -0.120. The molecule has 0 atom stereocenters. The van der Waals surface area contributed by atoms with Crippen molar-refractivity contribution in [1.29, 1.82) is 0 Å². The largest absolute Gasteiger partial charge is 0.370 e. The van der Waals surface area contributed by atoms with E-state index in [4.69, 9.17) is 0 Å². The number of carbonyl (C=O) groups excluding carboxylic acids is 1. The maximum absolute atomic E-state index is 14.0. The number of hydrogen-bond donors (Lipinski definition) is 1. The van der Waals surface area contributed by atoms with Crippen molar-refractivity contribution in [2.45, 2.75) is 50.8 Å². The first-order valence-corrected chi connectivity index (χ1v) is 13.1. The minimum absolute atomic E-state index is 0.179. The molecule has 8 heteroatoms. The van der Waals surface area contributed by atoms with E-state index in [1.165, 1.54) is 22.9 Å². The van der Waals surface area contributed by atoms with E-state index in [2.05, 4.69) is 10.2 Å². The first-order valence-electron chi connectivity index (χ1n) is 11.7. The number of nitrogens with one attached hydrogen (secondary N) is 1. The van der Waals surface area contributed by atoms with Crippen LogP contribution in [-0.4, -0.2) is 44.8 Å². The van der Waals surface area contributed by atoms with Crippen molar-refractivity contribution in [1.82, 2.24) is 4.31 Å². The van der Waals surface area contributed by atoms with Crippen LogP contribution in [0, 0.1) is 25.6 Å². The van der Waals surface area contributed by atoms with Gasteiger partial charge in [-0.15, -0.1) is 0 Å². The molecule has 4 rings (SSSR count). The van der Waals surface area contributed by atoms with Gasteiger partial charge in [-0.1, -0.05) is 6.07 Å². The topological polar surface area (TPSA) is 69.7 Å². The Hall–Kier alpha value is -2.45. The van der Waals surface area contributed by atoms with Crippen LogP contribution in [0.2, 0.25) is 0 Å². The number of aryl methyl sites for hydroxylation is 2. The molecule has 0 bridgehead atoms. The number of benzene rings is 2. The molecule has 2 saturated heterocycles. The summed E-state index contributed by atoms with van der Waals surface area (Å²) in [5.41, 5.74) is 3.32. The SMILES string of the molecule is Cc1ccc(S(=O)(=O)N2CCC(C(=O)Nc3cc(F)ccc3N3CCCCC3)CC2)cc1C. The Morgan fingerprint density at radius 2 is 1.64 bits per heavy atom. The smallest absolute Gasteiger partial charge is 0.243 e. The van der Waals surface area contributed by atoms with Crippen molar-refractivity contribution in [3.8, 4) is 0 Å². The van der Waals surface area contributed by atoms with Gasteiger partial charge >= 0.3 is 0 Å². The molecule has 33 heavy (non-hydrogen) atoms. The van der Waals surface area contributed by atoms with Gasteiger partial charge in [-0.2, -0.15) is 4.31 Å². The number of halogens is 1. The van der Waals surface area contributed by atoms with E-state index in [1.54, 1.807) is 18.2 Å². The monoisotopic (exact) mass is 473 g/mol. The average molecular weight is 474 g/mol. The van der Waals surface area contributed by atoms with Crippen LogP contribution in [0.3, 0.4) is 0 Å². The van der Waals surface area contributed by atoms with E-state index < -0.39 is 10.0 Å². The molecule has 2 aliphatic rings. The zero-order valence-electron chi connectivity index (χ0n) is 19.3. The second kappa shape index (κ2) is 9.81. The van der Waals surface area contributed by atoms with Crippen LogP contribution >= 0.6 is 0 Å². The van der Waals surface area contributed by atoms with Crippen molar-refractivity contribution in [3.05, 3.63) is 53.3 Å². The van der Waals surface area contributed by atoms with Crippen LogP contribution in [0.4, 0.5) is 15.8 Å². The van der Waals surface area contributed by atoms with Crippen LogP contribution in [0.15, 0.2) is 41.3 Å². The number of hydrogen-bond acceptors (Lipinski definition) is 4. The number of amides is 1. The molecule has 0 radical (unpaired) electrons. The summed E-state index contributed by atoms with van der Waals surface area (Å²) in [4.78, 5) is 15.5. The van der Waals surface area contributed by atoms with Gasteiger partial charge in [0.15, 0.2) is 0 Å². The van der Waals surface area contributed by atoms with Crippen LogP contribution in [-0.2, 0) is 14.8 Å². The lowest BCUT2D eigenvalue weighted by atomic mass is 9.97. The summed E-state index contributed by atoms with van der Waals surface area (Å²) in [5, 5.41) is 2.93. The van der Waals surface area contributed by atoms with Crippen LogP contribution in [0.25, 0.3) is 0 Å². The number of nitrogens with zero attached hydrogens (tertiary/aromatic N) is 2. The van der Waals surface area contributed by atoms with E-state index in [-0.39, 0.29) is 30.7 Å². The Morgan fingerprint density at radius 1 is 0.939 bits per heavy atom. The minimum Gasteiger partial charge on any atom is -0.370 e. The van der Waals surface area contributed by atoms with Crippen LogP contribution in [0.5, 0.6) is 0 Å². The molecular formula is C25H32FN3O3S. The number of rotatable bonds is 5. The Morgan fingerprint density at radius 3 is 2.30 bits per heavy atom. The molecule has 0 aromatic heterocycles. The fraction of sp³-hybridized carbons (Fsp3) is 0.480. The van der Waals surface area contributed by atoms with Gasteiger partial charge in [0, 0.05) is 32.1 Å². The van der Waals surface area contributed by atoms with E-state index in [9.17, 15) is 17.6 Å². The van der Waals surface area contributed by atoms with Gasteiger partial charge < -0.3 is 10.2 Å². The maximum Gasteiger partial charge on any atom is 0.243 e. The first kappa shape index (κ1) is 23.7. The second-order valence-electron chi connectivity index (χ2n) is 9.12. The lowest BCUT2D eigenvalue weighted by Gasteiger charge is -2.32. The Bertz CT molecular complexity index is 1120. The van der Waals surface area contributed by atoms with Crippen molar-refractivity contribution in [2.24, 2.45) is 5.92 Å². The Kier molecular flexibility index (Phi) is 7.05. The van der Waals surface area contributed by atoms with Gasteiger partial charge in [-0.3, -0.25) is 4.79 Å². The van der Waals surface area contributed by atoms with E-state index in [0.717, 1.165) is 42.7 Å². The van der Waals surface area contributed by atoms with Crippen molar-refractivity contribution >= 4 is 27.3 Å². The molecule has 2 aliphatic heterocycles.